The smallest absolute Gasteiger partial charge is 0.257 e. The van der Waals surface area contributed by atoms with Crippen molar-refractivity contribution in [3.05, 3.63) is 35.6 Å². The summed E-state index contributed by atoms with van der Waals surface area (Å²) in [6.45, 7) is 6.83. The molecule has 0 bridgehead atoms. The normalized spacial score (nSPS) is 12.2. The standard InChI is InChI=1S/C15H22FNO/c1-4-6-11-17(12(3)5-2)15(18)13-9-7-8-10-14(13)16/h7-10,12H,4-6,11H2,1-3H3. The van der Waals surface area contributed by atoms with Crippen LogP contribution in [0, 0.1) is 5.82 Å². The maximum atomic E-state index is 13.6. The zero-order valence-corrected chi connectivity index (χ0v) is 11.4. The molecule has 0 saturated heterocycles. The van der Waals surface area contributed by atoms with E-state index in [4.69, 9.17) is 0 Å². The number of nitrogens with zero attached hydrogens (tertiary/aromatic N) is 1. The van der Waals surface area contributed by atoms with Gasteiger partial charge in [-0.3, -0.25) is 4.79 Å². The predicted octanol–water partition coefficient (Wildman–Crippen LogP) is 3.87. The molecule has 100 valence electrons. The van der Waals surface area contributed by atoms with E-state index in [0.29, 0.717) is 6.54 Å². The van der Waals surface area contributed by atoms with Crippen molar-refractivity contribution in [2.75, 3.05) is 6.54 Å². The summed E-state index contributed by atoms with van der Waals surface area (Å²) in [5.74, 6) is -0.636. The lowest BCUT2D eigenvalue weighted by Crippen LogP contribution is -2.39. The van der Waals surface area contributed by atoms with Crippen LogP contribution in [-0.4, -0.2) is 23.4 Å². The number of carbonyl (C=O) groups excluding carboxylic acids is 1. The first-order chi connectivity index (χ1) is 8.61. The minimum Gasteiger partial charge on any atom is -0.336 e. The monoisotopic (exact) mass is 251 g/mol. The molecule has 0 fully saturated rings. The van der Waals surface area contributed by atoms with Gasteiger partial charge in [0.15, 0.2) is 0 Å². The molecule has 1 aromatic carbocycles. The van der Waals surface area contributed by atoms with Gasteiger partial charge in [0.05, 0.1) is 5.56 Å². The molecular weight excluding hydrogens is 229 g/mol. The third-order valence-electron chi connectivity index (χ3n) is 3.24. The molecule has 0 N–H and O–H groups in total. The molecule has 0 saturated carbocycles. The highest BCUT2D eigenvalue weighted by atomic mass is 19.1. The largest absolute Gasteiger partial charge is 0.336 e. The van der Waals surface area contributed by atoms with Crippen LogP contribution in [0.2, 0.25) is 0 Å². The number of hydrogen-bond acceptors (Lipinski definition) is 1. The van der Waals surface area contributed by atoms with Crippen molar-refractivity contribution < 1.29 is 9.18 Å². The van der Waals surface area contributed by atoms with Crippen molar-refractivity contribution in [2.45, 2.75) is 46.1 Å². The second-order valence-corrected chi connectivity index (χ2v) is 4.59. The molecule has 1 atom stereocenters. The first kappa shape index (κ1) is 14.7. The van der Waals surface area contributed by atoms with Crippen molar-refractivity contribution in [3.63, 3.8) is 0 Å². The van der Waals surface area contributed by atoms with Gasteiger partial charge in [-0.2, -0.15) is 0 Å². The summed E-state index contributed by atoms with van der Waals surface area (Å²) >= 11 is 0. The fourth-order valence-corrected chi connectivity index (χ4v) is 1.86. The third kappa shape index (κ3) is 3.56. The minimum atomic E-state index is -0.438. The molecule has 1 amide bonds. The quantitative estimate of drug-likeness (QED) is 0.751. The average molecular weight is 251 g/mol. The Hall–Kier alpha value is -1.38. The van der Waals surface area contributed by atoms with E-state index in [-0.39, 0.29) is 17.5 Å². The molecule has 0 spiro atoms. The summed E-state index contributed by atoms with van der Waals surface area (Å²) in [5, 5.41) is 0. The van der Waals surface area contributed by atoms with E-state index >= 15 is 0 Å². The van der Waals surface area contributed by atoms with Crippen LogP contribution in [0.3, 0.4) is 0 Å². The highest BCUT2D eigenvalue weighted by Gasteiger charge is 2.21. The van der Waals surface area contributed by atoms with Gasteiger partial charge in [-0.1, -0.05) is 32.4 Å². The molecule has 0 aliphatic carbocycles. The van der Waals surface area contributed by atoms with Crippen LogP contribution in [0.25, 0.3) is 0 Å². The van der Waals surface area contributed by atoms with Gasteiger partial charge in [-0.05, 0) is 31.9 Å². The Balaban J connectivity index is 2.91. The first-order valence-electron chi connectivity index (χ1n) is 6.67. The highest BCUT2D eigenvalue weighted by molar-refractivity contribution is 5.94. The van der Waals surface area contributed by atoms with Gasteiger partial charge in [0.2, 0.25) is 0 Å². The van der Waals surface area contributed by atoms with Crippen LogP contribution in [0.5, 0.6) is 0 Å². The zero-order valence-electron chi connectivity index (χ0n) is 11.4. The summed E-state index contributed by atoms with van der Waals surface area (Å²) in [4.78, 5) is 14.1. The van der Waals surface area contributed by atoms with E-state index in [9.17, 15) is 9.18 Å². The molecule has 1 unspecified atom stereocenters. The summed E-state index contributed by atoms with van der Waals surface area (Å²) < 4.78 is 13.6. The van der Waals surface area contributed by atoms with Gasteiger partial charge in [0, 0.05) is 12.6 Å². The molecule has 3 heteroatoms. The van der Waals surface area contributed by atoms with Crippen molar-refractivity contribution in [2.24, 2.45) is 0 Å². The van der Waals surface area contributed by atoms with Gasteiger partial charge in [0.1, 0.15) is 5.82 Å². The molecule has 0 heterocycles. The van der Waals surface area contributed by atoms with Crippen molar-refractivity contribution in [1.29, 1.82) is 0 Å². The summed E-state index contributed by atoms with van der Waals surface area (Å²) in [6, 6.07) is 6.33. The Morgan fingerprint density at radius 2 is 2.00 bits per heavy atom. The SMILES string of the molecule is CCCCN(C(=O)c1ccccc1F)C(C)CC. The van der Waals surface area contributed by atoms with Crippen LogP contribution >= 0.6 is 0 Å². The Kier molecular flexibility index (Phi) is 5.83. The first-order valence-corrected chi connectivity index (χ1v) is 6.67. The van der Waals surface area contributed by atoms with Crippen LogP contribution in [0.4, 0.5) is 4.39 Å². The summed E-state index contributed by atoms with van der Waals surface area (Å²) in [5.41, 5.74) is 0.175. The van der Waals surface area contributed by atoms with Crippen LogP contribution in [0.15, 0.2) is 24.3 Å². The van der Waals surface area contributed by atoms with Crippen LogP contribution in [-0.2, 0) is 0 Å². The van der Waals surface area contributed by atoms with E-state index in [2.05, 4.69) is 6.92 Å². The van der Waals surface area contributed by atoms with E-state index in [0.717, 1.165) is 19.3 Å². The van der Waals surface area contributed by atoms with Gasteiger partial charge in [-0.25, -0.2) is 4.39 Å². The number of carbonyl (C=O) groups is 1. The molecule has 0 aliphatic heterocycles. The topological polar surface area (TPSA) is 20.3 Å². The van der Waals surface area contributed by atoms with E-state index in [1.165, 1.54) is 6.07 Å². The molecule has 0 aliphatic rings. The molecule has 0 radical (unpaired) electrons. The summed E-state index contributed by atoms with van der Waals surface area (Å²) in [7, 11) is 0. The Morgan fingerprint density at radius 1 is 1.33 bits per heavy atom. The molecule has 0 aromatic heterocycles. The molecule has 18 heavy (non-hydrogen) atoms. The molecule has 1 aromatic rings. The van der Waals surface area contributed by atoms with Crippen molar-refractivity contribution in [1.82, 2.24) is 4.90 Å². The number of halogens is 1. The summed E-state index contributed by atoms with van der Waals surface area (Å²) in [6.07, 6.45) is 2.85. The fraction of sp³-hybridized carbons (Fsp3) is 0.533. The second-order valence-electron chi connectivity index (χ2n) is 4.59. The number of benzene rings is 1. The lowest BCUT2D eigenvalue weighted by atomic mass is 10.1. The number of unbranched alkanes of at least 4 members (excludes halogenated alkanes) is 1. The maximum Gasteiger partial charge on any atom is 0.257 e. The zero-order chi connectivity index (χ0) is 13.5. The van der Waals surface area contributed by atoms with Gasteiger partial charge in [-0.15, -0.1) is 0 Å². The number of amides is 1. The minimum absolute atomic E-state index is 0.142. The molecule has 1 rings (SSSR count). The number of rotatable bonds is 6. The van der Waals surface area contributed by atoms with E-state index < -0.39 is 5.82 Å². The lowest BCUT2D eigenvalue weighted by Gasteiger charge is -2.28. The van der Waals surface area contributed by atoms with Crippen molar-refractivity contribution in [3.8, 4) is 0 Å². The maximum absolute atomic E-state index is 13.6. The van der Waals surface area contributed by atoms with Crippen molar-refractivity contribution >= 4 is 5.91 Å². The van der Waals surface area contributed by atoms with E-state index in [1.807, 2.05) is 13.8 Å². The third-order valence-corrected chi connectivity index (χ3v) is 3.24. The highest BCUT2D eigenvalue weighted by Crippen LogP contribution is 2.14. The van der Waals surface area contributed by atoms with Crippen LogP contribution in [0.1, 0.15) is 50.4 Å². The predicted molar refractivity (Wildman–Crippen MR) is 72.1 cm³/mol. The van der Waals surface area contributed by atoms with Gasteiger partial charge >= 0.3 is 0 Å². The fourth-order valence-electron chi connectivity index (χ4n) is 1.86. The molecular formula is C15H22FNO. The Labute approximate surface area is 109 Å². The molecule has 2 nitrogen and oxygen atoms in total. The average Bonchev–Trinajstić information content (AvgIpc) is 2.39. The lowest BCUT2D eigenvalue weighted by molar-refractivity contribution is 0.0680. The van der Waals surface area contributed by atoms with E-state index in [1.54, 1.807) is 23.1 Å². The van der Waals surface area contributed by atoms with Gasteiger partial charge < -0.3 is 4.90 Å². The Morgan fingerprint density at radius 3 is 2.56 bits per heavy atom. The Bertz CT molecular complexity index is 392. The van der Waals surface area contributed by atoms with Gasteiger partial charge in [0.25, 0.3) is 5.91 Å². The van der Waals surface area contributed by atoms with Crippen LogP contribution < -0.4 is 0 Å². The number of hydrogen-bond donors (Lipinski definition) is 0. The second kappa shape index (κ2) is 7.14.